The van der Waals surface area contributed by atoms with E-state index >= 15 is 0 Å². The van der Waals surface area contributed by atoms with E-state index in [1.165, 1.54) is 11.1 Å². The Morgan fingerprint density at radius 3 is 2.75 bits per heavy atom. The molecule has 1 amide bonds. The Bertz CT molecular complexity index is 964. The standard InChI is InChI=1S/C18H15Cl2N3O/c1-11-16(23-10-14(19)8-15(20)17(23)21-11)18(24)22-7-6-12-4-2-3-5-13(12)9-22/h2-5,8,10H,6-7,9H2,1H3. The third-order valence-corrected chi connectivity index (χ3v) is 4.92. The molecule has 2 aromatic heterocycles. The minimum Gasteiger partial charge on any atom is -0.333 e. The van der Waals surface area contributed by atoms with Crippen LogP contribution in [0.3, 0.4) is 0 Å². The van der Waals surface area contributed by atoms with Crippen molar-refractivity contribution < 1.29 is 4.79 Å². The van der Waals surface area contributed by atoms with Crippen molar-refractivity contribution in [1.82, 2.24) is 14.3 Å². The molecule has 0 aliphatic carbocycles. The van der Waals surface area contributed by atoms with E-state index in [4.69, 9.17) is 23.2 Å². The Balaban J connectivity index is 1.76. The minimum absolute atomic E-state index is 0.0483. The lowest BCUT2D eigenvalue weighted by atomic mass is 9.99. The molecule has 1 aromatic carbocycles. The molecule has 122 valence electrons. The molecule has 0 saturated carbocycles. The summed E-state index contributed by atoms with van der Waals surface area (Å²) >= 11 is 12.3. The van der Waals surface area contributed by atoms with E-state index in [9.17, 15) is 4.79 Å². The lowest BCUT2D eigenvalue weighted by Crippen LogP contribution is -2.36. The van der Waals surface area contributed by atoms with Crippen molar-refractivity contribution >= 4 is 34.8 Å². The van der Waals surface area contributed by atoms with E-state index in [2.05, 4.69) is 17.1 Å². The van der Waals surface area contributed by atoms with Gasteiger partial charge in [-0.1, -0.05) is 47.5 Å². The highest BCUT2D eigenvalue weighted by Gasteiger charge is 2.26. The molecule has 0 unspecified atom stereocenters. The second-order valence-electron chi connectivity index (χ2n) is 5.99. The Hall–Kier alpha value is -2.04. The number of carbonyl (C=O) groups excluding carboxylic acids is 1. The number of imidazole rings is 1. The maximum absolute atomic E-state index is 13.1. The second kappa shape index (κ2) is 5.80. The number of rotatable bonds is 1. The summed E-state index contributed by atoms with van der Waals surface area (Å²) in [6, 6.07) is 9.87. The van der Waals surface area contributed by atoms with Gasteiger partial charge in [0.2, 0.25) is 0 Å². The van der Waals surface area contributed by atoms with E-state index < -0.39 is 0 Å². The van der Waals surface area contributed by atoms with Crippen LogP contribution in [0.25, 0.3) is 5.65 Å². The van der Waals surface area contributed by atoms with Crippen molar-refractivity contribution in [3.8, 4) is 0 Å². The molecule has 0 bridgehead atoms. The summed E-state index contributed by atoms with van der Waals surface area (Å²) in [5.41, 5.74) is 4.23. The number of halogens is 2. The molecule has 0 atom stereocenters. The van der Waals surface area contributed by atoms with Gasteiger partial charge in [-0.05, 0) is 30.5 Å². The quantitative estimate of drug-likeness (QED) is 0.654. The first-order valence-corrected chi connectivity index (χ1v) is 8.50. The van der Waals surface area contributed by atoms with Gasteiger partial charge in [0.1, 0.15) is 5.69 Å². The highest BCUT2D eigenvalue weighted by Crippen LogP contribution is 2.26. The van der Waals surface area contributed by atoms with Crippen LogP contribution in [0.2, 0.25) is 10.0 Å². The summed E-state index contributed by atoms with van der Waals surface area (Å²) < 4.78 is 1.70. The third-order valence-electron chi connectivity index (χ3n) is 4.44. The van der Waals surface area contributed by atoms with E-state index in [-0.39, 0.29) is 5.91 Å². The molecular formula is C18H15Cl2N3O. The monoisotopic (exact) mass is 359 g/mol. The van der Waals surface area contributed by atoms with Gasteiger partial charge in [0, 0.05) is 19.3 Å². The molecule has 4 rings (SSSR count). The maximum Gasteiger partial charge on any atom is 0.273 e. The van der Waals surface area contributed by atoms with Crippen LogP contribution < -0.4 is 0 Å². The van der Waals surface area contributed by atoms with Crippen LogP contribution in [-0.2, 0) is 13.0 Å². The number of aromatic nitrogens is 2. The molecular weight excluding hydrogens is 345 g/mol. The van der Waals surface area contributed by atoms with E-state index in [1.807, 2.05) is 24.0 Å². The number of benzene rings is 1. The SMILES string of the molecule is Cc1nc2c(Cl)cc(Cl)cn2c1C(=O)N1CCc2ccccc2C1. The van der Waals surface area contributed by atoms with E-state index in [0.717, 1.165) is 6.42 Å². The van der Waals surface area contributed by atoms with Crippen LogP contribution in [0.5, 0.6) is 0 Å². The molecule has 0 fully saturated rings. The highest BCUT2D eigenvalue weighted by molar-refractivity contribution is 6.36. The fourth-order valence-electron chi connectivity index (χ4n) is 3.26. The first kappa shape index (κ1) is 15.5. The number of carbonyl (C=O) groups is 1. The average molecular weight is 360 g/mol. The normalized spacial score (nSPS) is 14.0. The number of fused-ring (bicyclic) bond motifs is 2. The molecule has 3 aromatic rings. The molecule has 3 heterocycles. The number of aryl methyl sites for hydroxylation is 1. The van der Waals surface area contributed by atoms with Gasteiger partial charge < -0.3 is 4.90 Å². The zero-order valence-electron chi connectivity index (χ0n) is 13.1. The molecule has 1 aliphatic heterocycles. The van der Waals surface area contributed by atoms with Crippen LogP contribution in [0, 0.1) is 6.92 Å². The van der Waals surface area contributed by atoms with E-state index in [0.29, 0.717) is 40.2 Å². The molecule has 0 spiro atoms. The predicted molar refractivity (Wildman–Crippen MR) is 94.8 cm³/mol. The van der Waals surface area contributed by atoms with Crippen LogP contribution in [0.4, 0.5) is 0 Å². The van der Waals surface area contributed by atoms with Crippen LogP contribution in [0.15, 0.2) is 36.5 Å². The molecule has 24 heavy (non-hydrogen) atoms. The summed E-state index contributed by atoms with van der Waals surface area (Å²) in [5, 5.41) is 0.913. The van der Waals surface area contributed by atoms with Crippen molar-refractivity contribution in [1.29, 1.82) is 0 Å². The largest absolute Gasteiger partial charge is 0.333 e. The van der Waals surface area contributed by atoms with Gasteiger partial charge in [-0.2, -0.15) is 0 Å². The Morgan fingerprint density at radius 1 is 1.21 bits per heavy atom. The lowest BCUT2D eigenvalue weighted by Gasteiger charge is -2.28. The van der Waals surface area contributed by atoms with Crippen LogP contribution >= 0.6 is 23.2 Å². The van der Waals surface area contributed by atoms with Gasteiger partial charge in [0.15, 0.2) is 5.65 Å². The third kappa shape index (κ3) is 2.46. The zero-order valence-corrected chi connectivity index (χ0v) is 14.6. The first-order valence-electron chi connectivity index (χ1n) is 7.74. The second-order valence-corrected chi connectivity index (χ2v) is 6.83. The molecule has 6 heteroatoms. The molecule has 0 saturated heterocycles. The van der Waals surface area contributed by atoms with Gasteiger partial charge in [0.25, 0.3) is 5.91 Å². The van der Waals surface area contributed by atoms with Gasteiger partial charge in [-0.25, -0.2) is 4.98 Å². The van der Waals surface area contributed by atoms with Gasteiger partial charge in [-0.3, -0.25) is 9.20 Å². The van der Waals surface area contributed by atoms with Crippen molar-refractivity contribution in [2.75, 3.05) is 6.54 Å². The van der Waals surface area contributed by atoms with Gasteiger partial charge in [-0.15, -0.1) is 0 Å². The van der Waals surface area contributed by atoms with E-state index in [1.54, 1.807) is 16.7 Å². The van der Waals surface area contributed by atoms with Crippen molar-refractivity contribution in [2.24, 2.45) is 0 Å². The first-order chi connectivity index (χ1) is 11.5. The zero-order chi connectivity index (χ0) is 16.8. The van der Waals surface area contributed by atoms with Crippen molar-refractivity contribution in [3.63, 3.8) is 0 Å². The maximum atomic E-state index is 13.1. The lowest BCUT2D eigenvalue weighted by molar-refractivity contribution is 0.0727. The highest BCUT2D eigenvalue weighted by atomic mass is 35.5. The Morgan fingerprint density at radius 2 is 1.96 bits per heavy atom. The molecule has 0 N–H and O–H groups in total. The van der Waals surface area contributed by atoms with Gasteiger partial charge in [0.05, 0.1) is 15.7 Å². The summed E-state index contributed by atoms with van der Waals surface area (Å²) in [6.07, 6.45) is 2.55. The number of amides is 1. The Kier molecular flexibility index (Phi) is 3.74. The summed E-state index contributed by atoms with van der Waals surface area (Å²) in [7, 11) is 0. The molecule has 1 aliphatic rings. The summed E-state index contributed by atoms with van der Waals surface area (Å²) in [6.45, 7) is 3.12. The fourth-order valence-corrected chi connectivity index (χ4v) is 3.78. The average Bonchev–Trinajstić information content (AvgIpc) is 2.90. The fraction of sp³-hybridized carbons (Fsp3) is 0.222. The number of pyridine rings is 1. The summed E-state index contributed by atoms with van der Waals surface area (Å²) in [5.74, 6) is -0.0483. The molecule has 4 nitrogen and oxygen atoms in total. The number of hydrogen-bond donors (Lipinski definition) is 0. The summed E-state index contributed by atoms with van der Waals surface area (Å²) in [4.78, 5) is 19.4. The van der Waals surface area contributed by atoms with Crippen molar-refractivity contribution in [3.05, 3.63) is 69.1 Å². The smallest absolute Gasteiger partial charge is 0.273 e. The Labute approximate surface area is 149 Å². The minimum atomic E-state index is -0.0483. The number of hydrogen-bond acceptors (Lipinski definition) is 2. The predicted octanol–water partition coefficient (Wildman–Crippen LogP) is 4.15. The number of nitrogens with zero attached hydrogens (tertiary/aromatic N) is 3. The molecule has 0 radical (unpaired) electrons. The van der Waals surface area contributed by atoms with Crippen molar-refractivity contribution in [2.45, 2.75) is 19.9 Å². The topological polar surface area (TPSA) is 37.6 Å². The van der Waals surface area contributed by atoms with Crippen LogP contribution in [0.1, 0.15) is 27.3 Å². The van der Waals surface area contributed by atoms with Crippen LogP contribution in [-0.4, -0.2) is 26.7 Å². The van der Waals surface area contributed by atoms with Gasteiger partial charge >= 0.3 is 0 Å².